The predicted octanol–water partition coefficient (Wildman–Crippen LogP) is 0.898. The van der Waals surface area contributed by atoms with Crippen molar-refractivity contribution in [2.45, 2.75) is 12.5 Å². The fourth-order valence-corrected chi connectivity index (χ4v) is 0.681. The minimum atomic E-state index is -0.880. The molecule has 0 aromatic heterocycles. The molecule has 0 aromatic carbocycles. The SMILES string of the molecule is COC(=O)C1(C)C=CN=N1. The van der Waals surface area contributed by atoms with Gasteiger partial charge in [0.05, 0.1) is 7.11 Å². The van der Waals surface area contributed by atoms with Gasteiger partial charge in [-0.15, -0.1) is 0 Å². The lowest BCUT2D eigenvalue weighted by Gasteiger charge is -2.11. The van der Waals surface area contributed by atoms with E-state index in [1.165, 1.54) is 13.3 Å². The van der Waals surface area contributed by atoms with Crippen molar-refractivity contribution >= 4 is 5.97 Å². The first-order valence-corrected chi connectivity index (χ1v) is 2.87. The molecule has 10 heavy (non-hydrogen) atoms. The Balaban J connectivity index is 2.79. The maximum Gasteiger partial charge on any atom is 0.339 e. The Kier molecular flexibility index (Phi) is 1.53. The van der Waals surface area contributed by atoms with E-state index in [1.54, 1.807) is 13.0 Å². The lowest BCUT2D eigenvalue weighted by atomic mass is 10.1. The van der Waals surface area contributed by atoms with Gasteiger partial charge in [0.1, 0.15) is 0 Å². The number of nitrogens with zero attached hydrogens (tertiary/aromatic N) is 2. The average molecular weight is 140 g/mol. The number of methoxy groups -OCH3 is 1. The Morgan fingerprint density at radius 1 is 1.70 bits per heavy atom. The van der Waals surface area contributed by atoms with Gasteiger partial charge in [-0.05, 0) is 13.0 Å². The zero-order valence-electron chi connectivity index (χ0n) is 5.87. The smallest absolute Gasteiger partial charge is 0.339 e. The van der Waals surface area contributed by atoms with Crippen LogP contribution in [0, 0.1) is 0 Å². The number of azo groups is 1. The van der Waals surface area contributed by atoms with Gasteiger partial charge in [-0.3, -0.25) is 0 Å². The number of rotatable bonds is 1. The molecule has 0 aliphatic carbocycles. The van der Waals surface area contributed by atoms with E-state index in [0.29, 0.717) is 0 Å². The standard InChI is InChI=1S/C6H8N2O2/c1-6(5(9)10-2)3-4-7-8-6/h3-4H,1-2H3. The van der Waals surface area contributed by atoms with E-state index in [-0.39, 0.29) is 5.97 Å². The first-order chi connectivity index (χ1) is 4.69. The summed E-state index contributed by atoms with van der Waals surface area (Å²) in [5.74, 6) is -0.384. The summed E-state index contributed by atoms with van der Waals surface area (Å²) < 4.78 is 4.49. The summed E-state index contributed by atoms with van der Waals surface area (Å²) in [5.41, 5.74) is -0.880. The van der Waals surface area contributed by atoms with Crippen molar-refractivity contribution in [1.82, 2.24) is 0 Å². The third-order valence-corrected chi connectivity index (χ3v) is 1.33. The molecule has 1 unspecified atom stereocenters. The van der Waals surface area contributed by atoms with Gasteiger partial charge in [-0.25, -0.2) is 4.79 Å². The van der Waals surface area contributed by atoms with Crippen molar-refractivity contribution in [3.05, 3.63) is 12.3 Å². The van der Waals surface area contributed by atoms with Crippen LogP contribution in [0.1, 0.15) is 6.92 Å². The van der Waals surface area contributed by atoms with Gasteiger partial charge in [-0.2, -0.15) is 10.2 Å². The third kappa shape index (κ3) is 0.920. The normalized spacial score (nSPS) is 29.0. The van der Waals surface area contributed by atoms with Crippen molar-refractivity contribution in [3.8, 4) is 0 Å². The van der Waals surface area contributed by atoms with E-state index in [1.807, 2.05) is 0 Å². The van der Waals surface area contributed by atoms with E-state index >= 15 is 0 Å². The lowest BCUT2D eigenvalue weighted by Crippen LogP contribution is -2.30. The molecule has 4 nitrogen and oxygen atoms in total. The van der Waals surface area contributed by atoms with Crippen molar-refractivity contribution < 1.29 is 9.53 Å². The summed E-state index contributed by atoms with van der Waals surface area (Å²) in [4.78, 5) is 10.9. The van der Waals surface area contributed by atoms with Crippen LogP contribution in [0.3, 0.4) is 0 Å². The Morgan fingerprint density at radius 2 is 2.40 bits per heavy atom. The van der Waals surface area contributed by atoms with Crippen LogP contribution in [0.25, 0.3) is 0 Å². The van der Waals surface area contributed by atoms with Crippen LogP contribution in [-0.4, -0.2) is 18.6 Å². The highest BCUT2D eigenvalue weighted by molar-refractivity contribution is 5.83. The van der Waals surface area contributed by atoms with Crippen molar-refractivity contribution in [1.29, 1.82) is 0 Å². The second kappa shape index (κ2) is 2.21. The number of esters is 1. The molecule has 54 valence electrons. The highest BCUT2D eigenvalue weighted by Gasteiger charge is 2.33. The van der Waals surface area contributed by atoms with E-state index in [4.69, 9.17) is 0 Å². The zero-order valence-corrected chi connectivity index (χ0v) is 5.87. The summed E-state index contributed by atoms with van der Waals surface area (Å²) in [6, 6.07) is 0. The number of ether oxygens (including phenoxy) is 1. The van der Waals surface area contributed by atoms with Gasteiger partial charge in [0, 0.05) is 6.20 Å². The Morgan fingerprint density at radius 3 is 2.80 bits per heavy atom. The van der Waals surface area contributed by atoms with Crippen LogP contribution in [0.2, 0.25) is 0 Å². The van der Waals surface area contributed by atoms with Crippen molar-refractivity contribution in [2.75, 3.05) is 7.11 Å². The maximum absolute atomic E-state index is 10.9. The summed E-state index contributed by atoms with van der Waals surface area (Å²) in [7, 11) is 1.33. The third-order valence-electron chi connectivity index (χ3n) is 1.33. The number of carbonyl (C=O) groups excluding carboxylic acids is 1. The molecule has 1 heterocycles. The van der Waals surface area contributed by atoms with Gasteiger partial charge in [0.15, 0.2) is 5.54 Å². The van der Waals surface area contributed by atoms with Crippen LogP contribution in [0.5, 0.6) is 0 Å². The molecule has 0 amide bonds. The molecular formula is C6H8N2O2. The molecular weight excluding hydrogens is 132 g/mol. The van der Waals surface area contributed by atoms with Crippen LogP contribution < -0.4 is 0 Å². The minimum absolute atomic E-state index is 0.384. The highest BCUT2D eigenvalue weighted by atomic mass is 16.5. The molecule has 0 saturated carbocycles. The second-order valence-electron chi connectivity index (χ2n) is 2.17. The summed E-state index contributed by atoms with van der Waals surface area (Å²) in [5, 5.41) is 7.23. The maximum atomic E-state index is 10.9. The van der Waals surface area contributed by atoms with Crippen LogP contribution in [-0.2, 0) is 9.53 Å². The van der Waals surface area contributed by atoms with Crippen molar-refractivity contribution in [3.63, 3.8) is 0 Å². The van der Waals surface area contributed by atoms with Gasteiger partial charge in [-0.1, -0.05) is 0 Å². The molecule has 0 aromatic rings. The lowest BCUT2D eigenvalue weighted by molar-refractivity contribution is -0.144. The fraction of sp³-hybridized carbons (Fsp3) is 0.500. The number of hydrogen-bond donors (Lipinski definition) is 0. The largest absolute Gasteiger partial charge is 0.467 e. The molecule has 1 aliphatic rings. The average Bonchev–Trinajstić information content (AvgIpc) is 2.36. The van der Waals surface area contributed by atoms with E-state index < -0.39 is 5.54 Å². The van der Waals surface area contributed by atoms with E-state index in [2.05, 4.69) is 15.0 Å². The molecule has 4 heteroatoms. The molecule has 0 N–H and O–H groups in total. The molecule has 1 rings (SSSR count). The highest BCUT2D eigenvalue weighted by Crippen LogP contribution is 2.19. The molecule has 1 aliphatic heterocycles. The van der Waals surface area contributed by atoms with Gasteiger partial charge < -0.3 is 4.74 Å². The number of hydrogen-bond acceptors (Lipinski definition) is 4. The Labute approximate surface area is 58.6 Å². The Bertz CT molecular complexity index is 196. The first kappa shape index (κ1) is 6.92. The van der Waals surface area contributed by atoms with Crippen LogP contribution >= 0.6 is 0 Å². The van der Waals surface area contributed by atoms with Crippen LogP contribution in [0.4, 0.5) is 0 Å². The molecule has 0 saturated heterocycles. The molecule has 0 radical (unpaired) electrons. The second-order valence-corrected chi connectivity index (χ2v) is 2.17. The van der Waals surface area contributed by atoms with E-state index in [9.17, 15) is 4.79 Å². The zero-order chi connectivity index (χ0) is 7.61. The summed E-state index contributed by atoms with van der Waals surface area (Å²) >= 11 is 0. The van der Waals surface area contributed by atoms with Gasteiger partial charge in [0.2, 0.25) is 0 Å². The monoisotopic (exact) mass is 140 g/mol. The first-order valence-electron chi connectivity index (χ1n) is 2.87. The molecule has 1 atom stereocenters. The summed E-state index contributed by atoms with van der Waals surface area (Å²) in [6.07, 6.45) is 3.08. The van der Waals surface area contributed by atoms with Crippen LogP contribution in [0.15, 0.2) is 22.5 Å². The molecule has 0 bridgehead atoms. The minimum Gasteiger partial charge on any atom is -0.467 e. The quantitative estimate of drug-likeness (QED) is 0.508. The summed E-state index contributed by atoms with van der Waals surface area (Å²) in [6.45, 7) is 1.64. The predicted molar refractivity (Wildman–Crippen MR) is 34.4 cm³/mol. The van der Waals surface area contributed by atoms with Crippen molar-refractivity contribution in [2.24, 2.45) is 10.2 Å². The van der Waals surface area contributed by atoms with Gasteiger partial charge in [0.25, 0.3) is 0 Å². The van der Waals surface area contributed by atoms with E-state index in [0.717, 1.165) is 0 Å². The fourth-order valence-electron chi connectivity index (χ4n) is 0.681. The Hall–Kier alpha value is -1.19. The van der Waals surface area contributed by atoms with Gasteiger partial charge >= 0.3 is 5.97 Å². The molecule has 0 fully saturated rings. The topological polar surface area (TPSA) is 51.0 Å². The number of carbonyl (C=O) groups is 1. The molecule has 0 spiro atoms.